The van der Waals surface area contributed by atoms with Gasteiger partial charge in [-0.05, 0) is 31.7 Å². The molecule has 0 aromatic heterocycles. The first-order chi connectivity index (χ1) is 15.5. The normalized spacial score (nSPS) is 11.9. The van der Waals surface area contributed by atoms with E-state index >= 15 is 0 Å². The molecule has 0 atom stereocenters. The van der Waals surface area contributed by atoms with Crippen LogP contribution in [0.1, 0.15) is 105 Å². The van der Waals surface area contributed by atoms with Crippen molar-refractivity contribution in [2.75, 3.05) is 26.3 Å². The van der Waals surface area contributed by atoms with Crippen molar-refractivity contribution < 1.29 is 19.0 Å². The third-order valence-electron chi connectivity index (χ3n) is 5.78. The maximum Gasteiger partial charge on any atom is 0.319 e. The van der Waals surface area contributed by atoms with Crippen LogP contribution in [0.15, 0.2) is 12.1 Å². The number of rotatable bonds is 15. The molecule has 1 rings (SSSR count). The molecule has 33 heavy (non-hydrogen) atoms. The van der Waals surface area contributed by atoms with Crippen molar-refractivity contribution in [3.63, 3.8) is 0 Å². The Labute approximate surface area is 202 Å². The van der Waals surface area contributed by atoms with Gasteiger partial charge in [-0.2, -0.15) is 0 Å². The van der Waals surface area contributed by atoms with Gasteiger partial charge in [-0.3, -0.25) is 0 Å². The van der Waals surface area contributed by atoms with Gasteiger partial charge < -0.3 is 24.8 Å². The SMILES string of the molecule is CCCCCCCCCCC(C)(C)NC(=O)Nc1cc(OC)cc(C(C)(C)C)c1OCOC. The van der Waals surface area contributed by atoms with Gasteiger partial charge >= 0.3 is 6.03 Å². The van der Waals surface area contributed by atoms with Crippen molar-refractivity contribution in [2.24, 2.45) is 0 Å². The second-order valence-electron chi connectivity index (χ2n) is 10.5. The highest BCUT2D eigenvalue weighted by Crippen LogP contribution is 2.40. The van der Waals surface area contributed by atoms with Gasteiger partial charge in [0.05, 0.1) is 12.8 Å². The van der Waals surface area contributed by atoms with Crippen LogP contribution < -0.4 is 20.1 Å². The van der Waals surface area contributed by atoms with Gasteiger partial charge in [-0.15, -0.1) is 0 Å². The lowest BCUT2D eigenvalue weighted by molar-refractivity contribution is 0.0503. The molecule has 0 aliphatic carbocycles. The van der Waals surface area contributed by atoms with Crippen LogP contribution in [-0.4, -0.2) is 32.6 Å². The summed E-state index contributed by atoms with van der Waals surface area (Å²) in [6.07, 6.45) is 11.1. The molecule has 190 valence electrons. The topological polar surface area (TPSA) is 68.8 Å². The molecule has 0 radical (unpaired) electrons. The first-order valence-corrected chi connectivity index (χ1v) is 12.5. The molecular formula is C27H48N2O4. The van der Waals surface area contributed by atoms with Crippen molar-refractivity contribution in [3.8, 4) is 11.5 Å². The minimum Gasteiger partial charge on any atom is -0.497 e. The quantitative estimate of drug-likeness (QED) is 0.209. The Morgan fingerprint density at radius 3 is 2.06 bits per heavy atom. The number of hydrogen-bond donors (Lipinski definition) is 2. The fourth-order valence-electron chi connectivity index (χ4n) is 3.87. The third-order valence-corrected chi connectivity index (χ3v) is 5.78. The zero-order chi connectivity index (χ0) is 24.9. The van der Waals surface area contributed by atoms with Crippen LogP contribution in [0.4, 0.5) is 10.5 Å². The zero-order valence-corrected chi connectivity index (χ0v) is 22.4. The number of benzene rings is 1. The number of ether oxygens (including phenoxy) is 3. The van der Waals surface area contributed by atoms with Gasteiger partial charge in [0, 0.05) is 24.3 Å². The Morgan fingerprint density at radius 1 is 0.909 bits per heavy atom. The minimum absolute atomic E-state index is 0.0929. The summed E-state index contributed by atoms with van der Waals surface area (Å²) in [5.41, 5.74) is 0.996. The molecule has 2 amide bonds. The van der Waals surface area contributed by atoms with Crippen molar-refractivity contribution in [1.82, 2.24) is 5.32 Å². The summed E-state index contributed by atoms with van der Waals surface area (Å²) in [7, 11) is 3.20. The Hall–Kier alpha value is -1.95. The van der Waals surface area contributed by atoms with E-state index in [0.29, 0.717) is 17.2 Å². The van der Waals surface area contributed by atoms with E-state index < -0.39 is 0 Å². The maximum absolute atomic E-state index is 12.9. The van der Waals surface area contributed by atoms with E-state index in [9.17, 15) is 4.79 Å². The number of anilines is 1. The van der Waals surface area contributed by atoms with Crippen molar-refractivity contribution in [2.45, 2.75) is 110 Å². The summed E-state index contributed by atoms with van der Waals surface area (Å²) in [4.78, 5) is 12.9. The third kappa shape index (κ3) is 11.1. The van der Waals surface area contributed by atoms with Gasteiger partial charge in [0.1, 0.15) is 11.5 Å². The van der Waals surface area contributed by atoms with E-state index in [1.807, 2.05) is 6.07 Å². The average Bonchev–Trinajstić information content (AvgIpc) is 2.73. The predicted molar refractivity (Wildman–Crippen MR) is 138 cm³/mol. The molecule has 0 heterocycles. The number of carbonyl (C=O) groups is 1. The van der Waals surface area contributed by atoms with Crippen LogP contribution in [-0.2, 0) is 10.2 Å². The fourth-order valence-corrected chi connectivity index (χ4v) is 3.87. The molecule has 0 unspecified atom stereocenters. The summed E-state index contributed by atoms with van der Waals surface area (Å²) in [6.45, 7) is 12.8. The Balaban J connectivity index is 2.76. The average molecular weight is 465 g/mol. The van der Waals surface area contributed by atoms with Crippen LogP contribution in [0, 0.1) is 0 Å². The van der Waals surface area contributed by atoms with Crippen LogP contribution in [0.25, 0.3) is 0 Å². The van der Waals surface area contributed by atoms with Gasteiger partial charge in [0.2, 0.25) is 0 Å². The van der Waals surface area contributed by atoms with E-state index in [4.69, 9.17) is 14.2 Å². The van der Waals surface area contributed by atoms with Gasteiger partial charge in [0.25, 0.3) is 0 Å². The number of nitrogens with one attached hydrogen (secondary N) is 2. The molecule has 0 spiro atoms. The van der Waals surface area contributed by atoms with E-state index in [1.54, 1.807) is 20.3 Å². The predicted octanol–water partition coefficient (Wildman–Crippen LogP) is 7.41. The molecule has 0 aliphatic heterocycles. The molecule has 2 N–H and O–H groups in total. The lowest BCUT2D eigenvalue weighted by atomic mass is 9.85. The highest BCUT2D eigenvalue weighted by atomic mass is 16.7. The highest BCUT2D eigenvalue weighted by molar-refractivity contribution is 5.92. The fraction of sp³-hybridized carbons (Fsp3) is 0.741. The molecule has 0 saturated carbocycles. The van der Waals surface area contributed by atoms with Gasteiger partial charge in [-0.25, -0.2) is 4.79 Å². The molecular weight excluding hydrogens is 416 g/mol. The molecule has 0 saturated heterocycles. The van der Waals surface area contributed by atoms with Crippen LogP contribution in [0.2, 0.25) is 0 Å². The molecule has 0 aliphatic rings. The molecule has 6 nitrogen and oxygen atoms in total. The van der Waals surface area contributed by atoms with Crippen LogP contribution in [0.3, 0.4) is 0 Å². The Kier molecular flexibility index (Phi) is 12.6. The molecule has 6 heteroatoms. The number of methoxy groups -OCH3 is 2. The van der Waals surface area contributed by atoms with Crippen molar-refractivity contribution in [3.05, 3.63) is 17.7 Å². The summed E-state index contributed by atoms with van der Waals surface area (Å²) in [5, 5.41) is 6.11. The van der Waals surface area contributed by atoms with Gasteiger partial charge in [-0.1, -0.05) is 79.1 Å². The Morgan fingerprint density at radius 2 is 1.52 bits per heavy atom. The van der Waals surface area contributed by atoms with E-state index in [1.165, 1.54) is 44.9 Å². The minimum atomic E-state index is -0.300. The summed E-state index contributed by atoms with van der Waals surface area (Å²) in [5.74, 6) is 1.26. The number of hydrogen-bond acceptors (Lipinski definition) is 4. The Bertz CT molecular complexity index is 711. The highest BCUT2D eigenvalue weighted by Gasteiger charge is 2.26. The van der Waals surface area contributed by atoms with E-state index in [2.05, 4.69) is 52.2 Å². The number of unbranched alkanes of at least 4 members (excludes halogenated alkanes) is 7. The summed E-state index contributed by atoms with van der Waals surface area (Å²) in [6, 6.07) is 3.47. The summed E-state index contributed by atoms with van der Waals surface area (Å²) >= 11 is 0. The molecule has 0 fully saturated rings. The number of carbonyl (C=O) groups excluding carboxylic acids is 1. The smallest absolute Gasteiger partial charge is 0.319 e. The first kappa shape index (κ1) is 29.1. The largest absolute Gasteiger partial charge is 0.497 e. The van der Waals surface area contributed by atoms with Crippen LogP contribution in [0.5, 0.6) is 11.5 Å². The molecule has 1 aromatic rings. The number of amides is 2. The van der Waals surface area contributed by atoms with Crippen LogP contribution >= 0.6 is 0 Å². The van der Waals surface area contributed by atoms with Crippen molar-refractivity contribution >= 4 is 11.7 Å². The lowest BCUT2D eigenvalue weighted by Gasteiger charge is -2.28. The monoisotopic (exact) mass is 464 g/mol. The molecule has 0 bridgehead atoms. The zero-order valence-electron chi connectivity index (χ0n) is 22.4. The lowest BCUT2D eigenvalue weighted by Crippen LogP contribution is -2.45. The maximum atomic E-state index is 12.9. The number of urea groups is 1. The van der Waals surface area contributed by atoms with Gasteiger partial charge in [0.15, 0.2) is 6.79 Å². The van der Waals surface area contributed by atoms with Crippen molar-refractivity contribution in [1.29, 1.82) is 0 Å². The second kappa shape index (κ2) is 14.3. The standard InChI is InChI=1S/C27H48N2O4/c1-9-10-11-12-13-14-15-16-17-27(5,6)29-25(30)28-23-19-21(32-8)18-22(26(2,3)4)24(23)33-20-31-7/h18-19H,9-17,20H2,1-8H3,(H2,28,29,30). The van der Waals surface area contributed by atoms with E-state index in [0.717, 1.165) is 18.4 Å². The second-order valence-corrected chi connectivity index (χ2v) is 10.5. The first-order valence-electron chi connectivity index (χ1n) is 12.5. The van der Waals surface area contributed by atoms with E-state index in [-0.39, 0.29) is 23.8 Å². The molecule has 1 aromatic carbocycles. The summed E-state index contributed by atoms with van der Waals surface area (Å²) < 4.78 is 16.5.